The van der Waals surface area contributed by atoms with Crippen LogP contribution >= 0.6 is 0 Å². The number of hydrogen-bond acceptors (Lipinski definition) is 2. The van der Waals surface area contributed by atoms with Gasteiger partial charge in [0.25, 0.3) is 0 Å². The average molecular weight is 253 g/mol. The molecule has 0 aromatic heterocycles. The Balaban J connectivity index is 2.47. The van der Waals surface area contributed by atoms with Crippen molar-refractivity contribution in [3.05, 3.63) is 35.6 Å². The van der Waals surface area contributed by atoms with Crippen LogP contribution in [0.4, 0.5) is 4.39 Å². The molecule has 0 spiro atoms. The van der Waals surface area contributed by atoms with Crippen molar-refractivity contribution in [2.24, 2.45) is 5.41 Å². The fourth-order valence-electron chi connectivity index (χ4n) is 2.13. The summed E-state index contributed by atoms with van der Waals surface area (Å²) in [6.07, 6.45) is -0.179. The Morgan fingerprint density at radius 2 is 1.89 bits per heavy atom. The first-order chi connectivity index (χ1) is 8.29. The number of nitrogens with zero attached hydrogens (tertiary/aromatic N) is 1. The molecule has 0 heterocycles. The van der Waals surface area contributed by atoms with Gasteiger partial charge >= 0.3 is 0 Å². The Morgan fingerprint density at radius 3 is 2.44 bits per heavy atom. The molecule has 1 rings (SSSR count). The zero-order chi connectivity index (χ0) is 13.8. The first-order valence-corrected chi connectivity index (χ1v) is 6.40. The van der Waals surface area contributed by atoms with E-state index in [-0.39, 0.29) is 11.2 Å². The van der Waals surface area contributed by atoms with E-state index >= 15 is 0 Å². The molecule has 3 heteroatoms. The van der Waals surface area contributed by atoms with Gasteiger partial charge in [-0.15, -0.1) is 0 Å². The molecule has 0 bridgehead atoms. The summed E-state index contributed by atoms with van der Waals surface area (Å²) < 4.78 is 13.5. The number of benzene rings is 1. The molecule has 0 fully saturated rings. The molecule has 2 nitrogen and oxygen atoms in total. The van der Waals surface area contributed by atoms with Crippen LogP contribution in [0.15, 0.2) is 24.3 Å². The second-order valence-electron chi connectivity index (χ2n) is 6.12. The largest absolute Gasteiger partial charge is 0.388 e. The van der Waals surface area contributed by atoms with Gasteiger partial charge in [-0.3, -0.25) is 0 Å². The molecule has 102 valence electrons. The quantitative estimate of drug-likeness (QED) is 0.871. The second-order valence-corrected chi connectivity index (χ2v) is 6.12. The van der Waals surface area contributed by atoms with Gasteiger partial charge in [0.05, 0.1) is 6.10 Å². The minimum absolute atomic E-state index is 0.234. The highest BCUT2D eigenvalue weighted by Gasteiger charge is 2.16. The van der Waals surface area contributed by atoms with Crippen LogP contribution in [0.2, 0.25) is 0 Å². The van der Waals surface area contributed by atoms with Gasteiger partial charge in [-0.1, -0.05) is 39.0 Å². The number of halogens is 1. The third-order valence-corrected chi connectivity index (χ3v) is 2.79. The van der Waals surface area contributed by atoms with E-state index in [2.05, 4.69) is 25.7 Å². The molecule has 0 saturated carbocycles. The van der Waals surface area contributed by atoms with Gasteiger partial charge in [-0.2, -0.15) is 0 Å². The number of rotatable bonds is 5. The van der Waals surface area contributed by atoms with Gasteiger partial charge in [0.15, 0.2) is 0 Å². The summed E-state index contributed by atoms with van der Waals surface area (Å²) in [5, 5.41) is 9.98. The summed E-state index contributed by atoms with van der Waals surface area (Å²) in [5.74, 6) is -0.330. The van der Waals surface area contributed by atoms with Gasteiger partial charge in [0, 0.05) is 18.7 Å². The standard InChI is InChI=1S/C15H24FNO/c1-15(2,3)11-17(4)10-9-14(18)12-7-5-6-8-13(12)16/h5-8,14,18H,9-11H2,1-4H3. The van der Waals surface area contributed by atoms with Crippen molar-refractivity contribution in [3.8, 4) is 0 Å². The smallest absolute Gasteiger partial charge is 0.128 e. The summed E-state index contributed by atoms with van der Waals surface area (Å²) >= 11 is 0. The number of hydrogen-bond donors (Lipinski definition) is 1. The van der Waals surface area contributed by atoms with E-state index in [9.17, 15) is 9.50 Å². The minimum atomic E-state index is -0.728. The lowest BCUT2D eigenvalue weighted by atomic mass is 9.96. The minimum Gasteiger partial charge on any atom is -0.388 e. The third kappa shape index (κ3) is 5.15. The van der Waals surface area contributed by atoms with Crippen molar-refractivity contribution in [1.82, 2.24) is 4.90 Å². The lowest BCUT2D eigenvalue weighted by Crippen LogP contribution is -2.30. The summed E-state index contributed by atoms with van der Waals surface area (Å²) in [7, 11) is 2.03. The molecule has 1 aromatic rings. The molecule has 1 N–H and O–H groups in total. The SMILES string of the molecule is CN(CCC(O)c1ccccc1F)CC(C)(C)C. The fraction of sp³-hybridized carbons (Fsp3) is 0.600. The van der Waals surface area contributed by atoms with Crippen molar-refractivity contribution in [3.63, 3.8) is 0 Å². The van der Waals surface area contributed by atoms with Crippen LogP contribution in [0.3, 0.4) is 0 Å². The van der Waals surface area contributed by atoms with E-state index in [0.717, 1.165) is 13.1 Å². The average Bonchev–Trinajstić information content (AvgIpc) is 2.24. The van der Waals surface area contributed by atoms with Crippen LogP contribution < -0.4 is 0 Å². The van der Waals surface area contributed by atoms with Crippen molar-refractivity contribution < 1.29 is 9.50 Å². The molecular weight excluding hydrogens is 229 g/mol. The van der Waals surface area contributed by atoms with Crippen molar-refractivity contribution in [2.45, 2.75) is 33.3 Å². The van der Waals surface area contributed by atoms with Crippen LogP contribution in [-0.2, 0) is 0 Å². The Morgan fingerprint density at radius 1 is 1.28 bits per heavy atom. The Labute approximate surface area is 109 Å². The predicted octanol–water partition coefficient (Wildman–Crippen LogP) is 3.23. The number of aliphatic hydroxyl groups excluding tert-OH is 1. The fourth-order valence-corrected chi connectivity index (χ4v) is 2.13. The molecule has 0 aliphatic rings. The van der Waals surface area contributed by atoms with Crippen LogP contribution in [0.25, 0.3) is 0 Å². The Kier molecular flexibility index (Phi) is 5.29. The first kappa shape index (κ1) is 15.1. The second kappa shape index (κ2) is 6.30. The summed E-state index contributed by atoms with van der Waals surface area (Å²) in [5.41, 5.74) is 0.624. The Bertz CT molecular complexity index is 373. The van der Waals surface area contributed by atoms with E-state index in [1.165, 1.54) is 6.07 Å². The van der Waals surface area contributed by atoms with Crippen LogP contribution in [0.5, 0.6) is 0 Å². The Hall–Kier alpha value is -0.930. The molecule has 0 radical (unpaired) electrons. The molecule has 0 aliphatic heterocycles. The highest BCUT2D eigenvalue weighted by atomic mass is 19.1. The van der Waals surface area contributed by atoms with E-state index in [4.69, 9.17) is 0 Å². The molecule has 1 aromatic carbocycles. The van der Waals surface area contributed by atoms with E-state index < -0.39 is 6.10 Å². The van der Waals surface area contributed by atoms with E-state index in [0.29, 0.717) is 12.0 Å². The molecule has 1 unspecified atom stereocenters. The zero-order valence-electron chi connectivity index (χ0n) is 11.8. The lowest BCUT2D eigenvalue weighted by Gasteiger charge is -2.27. The van der Waals surface area contributed by atoms with Crippen LogP contribution in [0, 0.1) is 11.2 Å². The van der Waals surface area contributed by atoms with Crippen LogP contribution in [0.1, 0.15) is 38.9 Å². The lowest BCUT2D eigenvalue weighted by molar-refractivity contribution is 0.134. The topological polar surface area (TPSA) is 23.5 Å². The maximum atomic E-state index is 13.5. The van der Waals surface area contributed by atoms with Gasteiger partial charge in [-0.25, -0.2) is 4.39 Å². The molecular formula is C15H24FNO. The van der Waals surface area contributed by atoms with E-state index in [1.54, 1.807) is 18.2 Å². The maximum Gasteiger partial charge on any atom is 0.128 e. The van der Waals surface area contributed by atoms with E-state index in [1.807, 2.05) is 7.05 Å². The molecule has 0 aliphatic carbocycles. The summed E-state index contributed by atoms with van der Waals surface area (Å²) in [4.78, 5) is 2.17. The van der Waals surface area contributed by atoms with Crippen molar-refractivity contribution in [2.75, 3.05) is 20.1 Å². The third-order valence-electron chi connectivity index (χ3n) is 2.79. The highest BCUT2D eigenvalue weighted by Crippen LogP contribution is 2.21. The monoisotopic (exact) mass is 253 g/mol. The van der Waals surface area contributed by atoms with Crippen molar-refractivity contribution >= 4 is 0 Å². The normalized spacial score (nSPS) is 13.9. The number of aliphatic hydroxyl groups is 1. The molecule has 0 saturated heterocycles. The van der Waals surface area contributed by atoms with Crippen LogP contribution in [-0.4, -0.2) is 30.1 Å². The predicted molar refractivity (Wildman–Crippen MR) is 72.9 cm³/mol. The van der Waals surface area contributed by atoms with Gasteiger partial charge in [0.1, 0.15) is 5.82 Å². The highest BCUT2D eigenvalue weighted by molar-refractivity contribution is 5.19. The molecule has 1 atom stereocenters. The first-order valence-electron chi connectivity index (χ1n) is 6.40. The van der Waals surface area contributed by atoms with Crippen molar-refractivity contribution in [1.29, 1.82) is 0 Å². The molecule has 18 heavy (non-hydrogen) atoms. The summed E-state index contributed by atoms with van der Waals surface area (Å²) in [6.45, 7) is 8.24. The maximum absolute atomic E-state index is 13.5. The van der Waals surface area contributed by atoms with Gasteiger partial charge in [-0.05, 0) is 24.9 Å². The molecule has 0 amide bonds. The summed E-state index contributed by atoms with van der Waals surface area (Å²) in [6, 6.07) is 6.42. The zero-order valence-corrected chi connectivity index (χ0v) is 11.8. The van der Waals surface area contributed by atoms with Gasteiger partial charge in [0.2, 0.25) is 0 Å². The van der Waals surface area contributed by atoms with Gasteiger partial charge < -0.3 is 10.0 Å².